The first-order chi connectivity index (χ1) is 11.0. The molecule has 0 spiro atoms. The van der Waals surface area contributed by atoms with Crippen molar-refractivity contribution < 1.29 is 4.79 Å². The molecule has 114 valence electrons. The quantitative estimate of drug-likeness (QED) is 0.703. The number of nitriles is 1. The molecule has 7 heteroatoms. The van der Waals surface area contributed by atoms with Crippen molar-refractivity contribution in [3.05, 3.63) is 52.5 Å². The molecule has 0 aliphatic heterocycles. The number of aryl methyl sites for hydroxylation is 1. The molecule has 0 saturated heterocycles. The van der Waals surface area contributed by atoms with E-state index in [0.29, 0.717) is 21.4 Å². The van der Waals surface area contributed by atoms with E-state index in [1.165, 1.54) is 11.3 Å². The van der Waals surface area contributed by atoms with Gasteiger partial charge < -0.3 is 5.32 Å². The average Bonchev–Trinajstić information content (AvgIpc) is 2.88. The molecule has 0 aliphatic rings. The van der Waals surface area contributed by atoms with Crippen LogP contribution in [0, 0.1) is 18.3 Å². The van der Waals surface area contributed by atoms with Gasteiger partial charge in [0.25, 0.3) is 0 Å². The lowest BCUT2D eigenvalue weighted by Gasteiger charge is -2.06. The van der Waals surface area contributed by atoms with Gasteiger partial charge in [-0.05, 0) is 48.9 Å². The van der Waals surface area contributed by atoms with Crippen LogP contribution in [0.1, 0.15) is 11.1 Å². The van der Waals surface area contributed by atoms with Crippen molar-refractivity contribution >= 4 is 50.0 Å². The Labute approximate surface area is 141 Å². The lowest BCUT2D eigenvalue weighted by atomic mass is 10.1. The lowest BCUT2D eigenvalue weighted by Crippen LogP contribution is -2.19. The van der Waals surface area contributed by atoms with E-state index in [0.717, 1.165) is 15.8 Å². The van der Waals surface area contributed by atoms with Gasteiger partial charge in [-0.15, -0.1) is 0 Å². The number of hydrogen-bond donors (Lipinski definition) is 2. The molecular weight excluding hydrogens is 332 g/mol. The van der Waals surface area contributed by atoms with E-state index < -0.39 is 0 Å². The number of benzene rings is 2. The zero-order valence-electron chi connectivity index (χ0n) is 12.1. The molecule has 1 aromatic heterocycles. The van der Waals surface area contributed by atoms with Gasteiger partial charge >= 0.3 is 6.03 Å². The molecule has 0 unspecified atom stereocenters. The zero-order chi connectivity index (χ0) is 16.4. The van der Waals surface area contributed by atoms with E-state index in [2.05, 4.69) is 21.7 Å². The highest BCUT2D eigenvalue weighted by atomic mass is 35.5. The van der Waals surface area contributed by atoms with Crippen LogP contribution in [0.15, 0.2) is 36.4 Å². The van der Waals surface area contributed by atoms with Crippen molar-refractivity contribution in [3.63, 3.8) is 0 Å². The predicted octanol–water partition coefficient (Wildman–Crippen LogP) is 4.77. The van der Waals surface area contributed by atoms with Crippen molar-refractivity contribution in [1.82, 2.24) is 4.98 Å². The monoisotopic (exact) mass is 342 g/mol. The summed E-state index contributed by atoms with van der Waals surface area (Å²) in [5.74, 6) is 0. The fourth-order valence-corrected chi connectivity index (χ4v) is 3.22. The summed E-state index contributed by atoms with van der Waals surface area (Å²) in [5, 5.41) is 15.4. The molecule has 0 bridgehead atoms. The number of nitrogens with one attached hydrogen (secondary N) is 2. The molecule has 3 rings (SSSR count). The number of hydrogen-bond acceptors (Lipinski definition) is 4. The van der Waals surface area contributed by atoms with Gasteiger partial charge in [0.2, 0.25) is 0 Å². The Balaban J connectivity index is 1.73. The highest BCUT2D eigenvalue weighted by Crippen LogP contribution is 2.28. The van der Waals surface area contributed by atoms with Gasteiger partial charge in [0.1, 0.15) is 0 Å². The number of carbonyl (C=O) groups excluding carboxylic acids is 1. The summed E-state index contributed by atoms with van der Waals surface area (Å²) >= 11 is 7.29. The largest absolute Gasteiger partial charge is 0.325 e. The molecule has 5 nitrogen and oxygen atoms in total. The molecule has 0 atom stereocenters. The SMILES string of the molecule is Cc1cc(NC(=O)Nc2nc3ccc(Cl)cc3s2)ccc1C#N. The van der Waals surface area contributed by atoms with Crippen LogP contribution in [0.3, 0.4) is 0 Å². The topological polar surface area (TPSA) is 77.8 Å². The molecule has 2 aromatic carbocycles. The van der Waals surface area contributed by atoms with Crippen molar-refractivity contribution in [3.8, 4) is 6.07 Å². The third kappa shape index (κ3) is 3.42. The Morgan fingerprint density at radius 2 is 2.09 bits per heavy atom. The lowest BCUT2D eigenvalue weighted by molar-refractivity contribution is 0.262. The Morgan fingerprint density at radius 3 is 2.83 bits per heavy atom. The van der Waals surface area contributed by atoms with Crippen molar-refractivity contribution in [2.75, 3.05) is 10.6 Å². The molecule has 0 saturated carbocycles. The molecule has 2 N–H and O–H groups in total. The number of thiazole rings is 1. The Hall–Kier alpha value is -2.62. The van der Waals surface area contributed by atoms with E-state index in [4.69, 9.17) is 16.9 Å². The minimum atomic E-state index is -0.390. The highest BCUT2D eigenvalue weighted by molar-refractivity contribution is 7.22. The number of halogens is 1. The number of carbonyl (C=O) groups is 1. The normalized spacial score (nSPS) is 10.3. The summed E-state index contributed by atoms with van der Waals surface area (Å²) < 4.78 is 0.905. The van der Waals surface area contributed by atoms with Gasteiger partial charge in [-0.3, -0.25) is 5.32 Å². The van der Waals surface area contributed by atoms with Crippen LogP contribution in [0.5, 0.6) is 0 Å². The van der Waals surface area contributed by atoms with Crippen LogP contribution < -0.4 is 10.6 Å². The van der Waals surface area contributed by atoms with Crippen LogP contribution in [0.2, 0.25) is 5.02 Å². The third-order valence-corrected chi connectivity index (χ3v) is 4.34. The average molecular weight is 343 g/mol. The van der Waals surface area contributed by atoms with Gasteiger partial charge in [-0.1, -0.05) is 22.9 Å². The van der Waals surface area contributed by atoms with Crippen LogP contribution in [0.25, 0.3) is 10.2 Å². The molecular formula is C16H11ClN4OS. The standard InChI is InChI=1S/C16H11ClN4OS/c1-9-6-12(4-2-10(9)8-18)19-15(22)21-16-20-13-5-3-11(17)7-14(13)23-16/h2-7H,1H3,(H2,19,20,21,22). The molecule has 0 radical (unpaired) electrons. The second-order valence-corrected chi connectivity index (χ2v) is 6.32. The summed E-state index contributed by atoms with van der Waals surface area (Å²) in [5.41, 5.74) is 2.78. The summed E-state index contributed by atoms with van der Waals surface area (Å²) in [6, 6.07) is 12.2. The van der Waals surface area contributed by atoms with E-state index in [9.17, 15) is 4.79 Å². The number of urea groups is 1. The first-order valence-electron chi connectivity index (χ1n) is 6.70. The zero-order valence-corrected chi connectivity index (χ0v) is 13.6. The van der Waals surface area contributed by atoms with Gasteiger partial charge in [0.15, 0.2) is 5.13 Å². The smallest absolute Gasteiger partial charge is 0.308 e. The summed E-state index contributed by atoms with van der Waals surface area (Å²) in [4.78, 5) is 16.4. The number of rotatable bonds is 2. The Kier molecular flexibility index (Phi) is 4.15. The van der Waals surface area contributed by atoms with E-state index in [1.54, 1.807) is 30.3 Å². The molecule has 0 aliphatic carbocycles. The molecule has 3 aromatic rings. The minimum absolute atomic E-state index is 0.390. The minimum Gasteiger partial charge on any atom is -0.308 e. The van der Waals surface area contributed by atoms with Gasteiger partial charge in [-0.25, -0.2) is 9.78 Å². The summed E-state index contributed by atoms with van der Waals surface area (Å²) in [6.45, 7) is 1.82. The molecule has 1 heterocycles. The fourth-order valence-electron chi connectivity index (χ4n) is 2.08. The predicted molar refractivity (Wildman–Crippen MR) is 93.2 cm³/mol. The second-order valence-electron chi connectivity index (χ2n) is 4.85. The Bertz CT molecular complexity index is 945. The van der Waals surface area contributed by atoms with Gasteiger partial charge in [0, 0.05) is 10.7 Å². The fraction of sp³-hybridized carbons (Fsp3) is 0.0625. The summed E-state index contributed by atoms with van der Waals surface area (Å²) in [6.07, 6.45) is 0. The van der Waals surface area contributed by atoms with Crippen LogP contribution >= 0.6 is 22.9 Å². The maximum absolute atomic E-state index is 12.0. The van der Waals surface area contributed by atoms with Crippen LogP contribution in [-0.4, -0.2) is 11.0 Å². The number of nitrogens with zero attached hydrogens (tertiary/aromatic N) is 2. The highest BCUT2D eigenvalue weighted by Gasteiger charge is 2.09. The van der Waals surface area contributed by atoms with E-state index in [1.807, 2.05) is 13.0 Å². The molecule has 23 heavy (non-hydrogen) atoms. The number of aromatic nitrogens is 1. The van der Waals surface area contributed by atoms with Crippen LogP contribution in [0.4, 0.5) is 15.6 Å². The van der Waals surface area contributed by atoms with Gasteiger partial charge in [0.05, 0.1) is 21.8 Å². The third-order valence-electron chi connectivity index (χ3n) is 3.18. The summed E-state index contributed by atoms with van der Waals surface area (Å²) in [7, 11) is 0. The van der Waals surface area contributed by atoms with E-state index >= 15 is 0 Å². The van der Waals surface area contributed by atoms with Crippen LogP contribution in [-0.2, 0) is 0 Å². The van der Waals surface area contributed by atoms with Crippen molar-refractivity contribution in [2.24, 2.45) is 0 Å². The van der Waals surface area contributed by atoms with Gasteiger partial charge in [-0.2, -0.15) is 5.26 Å². The Morgan fingerprint density at radius 1 is 1.26 bits per heavy atom. The van der Waals surface area contributed by atoms with Crippen molar-refractivity contribution in [2.45, 2.75) is 6.92 Å². The molecule has 0 fully saturated rings. The van der Waals surface area contributed by atoms with E-state index in [-0.39, 0.29) is 6.03 Å². The first-order valence-corrected chi connectivity index (χ1v) is 7.89. The number of anilines is 2. The molecule has 2 amide bonds. The number of amides is 2. The maximum Gasteiger partial charge on any atom is 0.325 e. The number of fused-ring (bicyclic) bond motifs is 1. The first kappa shape index (κ1) is 15.3. The second kappa shape index (κ2) is 6.24. The maximum atomic E-state index is 12.0. The van der Waals surface area contributed by atoms with Crippen molar-refractivity contribution in [1.29, 1.82) is 5.26 Å².